The molecule has 8 heteroatoms. The van der Waals surface area contributed by atoms with Crippen molar-refractivity contribution >= 4 is 12.1 Å². The highest BCUT2D eigenvalue weighted by atomic mass is 19.1. The van der Waals surface area contributed by atoms with E-state index in [2.05, 4.69) is 10.3 Å². The number of alkyl carbamates (subject to hydrolysis) is 1. The molecule has 0 saturated carbocycles. The first-order valence-corrected chi connectivity index (χ1v) is 7.95. The molecule has 140 valence electrons. The Balaban J connectivity index is 2.18. The van der Waals surface area contributed by atoms with E-state index in [1.54, 1.807) is 20.8 Å². The number of halogens is 2. The minimum atomic E-state index is -1.24. The Morgan fingerprint density at radius 1 is 1.23 bits per heavy atom. The molecule has 3 N–H and O–H groups in total. The number of amides is 1. The van der Waals surface area contributed by atoms with Crippen molar-refractivity contribution in [3.8, 4) is 11.3 Å². The Bertz CT molecular complexity index is 805. The van der Waals surface area contributed by atoms with Crippen molar-refractivity contribution in [2.45, 2.75) is 32.8 Å². The Labute approximate surface area is 149 Å². The normalized spacial score (nSPS) is 11.3. The SMILES string of the molecule is CC(C)(C)OC(=O)NCCc1[nH]c(-c2c(F)cccc2F)cc1C(=O)O. The van der Waals surface area contributed by atoms with Crippen LogP contribution in [0.2, 0.25) is 0 Å². The maximum atomic E-state index is 13.9. The zero-order valence-corrected chi connectivity index (χ0v) is 14.7. The van der Waals surface area contributed by atoms with Crippen LogP contribution < -0.4 is 5.32 Å². The fraction of sp³-hybridized carbons (Fsp3) is 0.333. The predicted molar refractivity (Wildman–Crippen MR) is 91.0 cm³/mol. The smallest absolute Gasteiger partial charge is 0.407 e. The monoisotopic (exact) mass is 366 g/mol. The molecule has 6 nitrogen and oxygen atoms in total. The number of rotatable bonds is 5. The van der Waals surface area contributed by atoms with Crippen molar-refractivity contribution in [1.82, 2.24) is 10.3 Å². The van der Waals surface area contributed by atoms with Gasteiger partial charge in [0.1, 0.15) is 17.2 Å². The maximum Gasteiger partial charge on any atom is 0.407 e. The molecule has 0 aliphatic carbocycles. The number of hydrogen-bond donors (Lipinski definition) is 3. The van der Waals surface area contributed by atoms with Crippen molar-refractivity contribution < 1.29 is 28.2 Å². The highest BCUT2D eigenvalue weighted by Crippen LogP contribution is 2.27. The summed E-state index contributed by atoms with van der Waals surface area (Å²) in [7, 11) is 0. The second kappa shape index (κ2) is 7.55. The lowest BCUT2D eigenvalue weighted by Gasteiger charge is -2.19. The van der Waals surface area contributed by atoms with Crippen molar-refractivity contribution in [2.75, 3.05) is 6.54 Å². The Morgan fingerprint density at radius 2 is 1.85 bits per heavy atom. The molecule has 1 heterocycles. The second-order valence-electron chi connectivity index (χ2n) is 6.66. The van der Waals surface area contributed by atoms with Crippen molar-refractivity contribution in [2.24, 2.45) is 0 Å². The summed E-state index contributed by atoms with van der Waals surface area (Å²) in [6.07, 6.45) is -0.516. The van der Waals surface area contributed by atoms with E-state index >= 15 is 0 Å². The van der Waals surface area contributed by atoms with Gasteiger partial charge < -0.3 is 20.1 Å². The van der Waals surface area contributed by atoms with Crippen LogP contribution in [-0.2, 0) is 11.2 Å². The predicted octanol–water partition coefficient (Wildman–Crippen LogP) is 3.73. The third kappa shape index (κ3) is 4.81. The molecule has 0 aliphatic rings. The number of aromatic amines is 1. The number of carbonyl (C=O) groups is 2. The number of hydrogen-bond acceptors (Lipinski definition) is 3. The van der Waals surface area contributed by atoms with Crippen LogP contribution in [-0.4, -0.2) is 34.3 Å². The summed E-state index contributed by atoms with van der Waals surface area (Å²) < 4.78 is 32.9. The molecule has 0 aliphatic heterocycles. The minimum absolute atomic E-state index is 0.0188. The average molecular weight is 366 g/mol. The van der Waals surface area contributed by atoms with E-state index in [0.29, 0.717) is 0 Å². The molecule has 0 spiro atoms. The number of H-pyrrole nitrogens is 1. The van der Waals surface area contributed by atoms with Gasteiger partial charge in [-0.2, -0.15) is 0 Å². The van der Waals surface area contributed by atoms with E-state index in [0.717, 1.165) is 12.1 Å². The van der Waals surface area contributed by atoms with Gasteiger partial charge in [-0.1, -0.05) is 6.07 Å². The Hall–Kier alpha value is -2.90. The third-order valence-corrected chi connectivity index (χ3v) is 3.41. The summed E-state index contributed by atoms with van der Waals surface area (Å²) in [4.78, 5) is 25.8. The molecule has 0 bridgehead atoms. The minimum Gasteiger partial charge on any atom is -0.478 e. The van der Waals surface area contributed by atoms with Crippen LogP contribution in [0.4, 0.5) is 13.6 Å². The lowest BCUT2D eigenvalue weighted by Crippen LogP contribution is -2.33. The van der Waals surface area contributed by atoms with E-state index < -0.39 is 29.3 Å². The van der Waals surface area contributed by atoms with Crippen molar-refractivity contribution in [3.63, 3.8) is 0 Å². The number of aromatic nitrogens is 1. The number of carboxylic acids is 1. The molecule has 26 heavy (non-hydrogen) atoms. The number of aromatic carboxylic acids is 1. The van der Waals surface area contributed by atoms with Crippen LogP contribution in [0.5, 0.6) is 0 Å². The highest BCUT2D eigenvalue weighted by molar-refractivity contribution is 5.91. The van der Waals surface area contributed by atoms with E-state index in [9.17, 15) is 23.5 Å². The van der Waals surface area contributed by atoms with Gasteiger partial charge in [0, 0.05) is 18.7 Å². The van der Waals surface area contributed by atoms with Gasteiger partial charge in [-0.05, 0) is 39.0 Å². The van der Waals surface area contributed by atoms with Crippen LogP contribution in [0.25, 0.3) is 11.3 Å². The molecule has 0 unspecified atom stereocenters. The number of benzene rings is 1. The van der Waals surface area contributed by atoms with E-state index in [1.807, 2.05) is 0 Å². The van der Waals surface area contributed by atoms with Crippen molar-refractivity contribution in [3.05, 3.63) is 47.2 Å². The molecule has 0 saturated heterocycles. The quantitative estimate of drug-likeness (QED) is 0.752. The molecule has 0 atom stereocenters. The Morgan fingerprint density at radius 3 is 2.38 bits per heavy atom. The number of carboxylic acid groups (broad SMARTS) is 1. The molecule has 2 rings (SSSR count). The van der Waals surface area contributed by atoms with Gasteiger partial charge in [-0.25, -0.2) is 18.4 Å². The molecule has 2 aromatic rings. The van der Waals surface area contributed by atoms with Gasteiger partial charge >= 0.3 is 12.1 Å². The molecule has 1 aromatic carbocycles. The number of ether oxygens (including phenoxy) is 1. The first kappa shape index (κ1) is 19.4. The summed E-state index contributed by atoms with van der Waals surface area (Å²) in [5.74, 6) is -2.85. The zero-order valence-electron chi connectivity index (χ0n) is 14.7. The van der Waals surface area contributed by atoms with Gasteiger partial charge in [0.05, 0.1) is 16.8 Å². The van der Waals surface area contributed by atoms with E-state index in [1.165, 1.54) is 12.1 Å². The van der Waals surface area contributed by atoms with Crippen LogP contribution in [0, 0.1) is 11.6 Å². The fourth-order valence-electron chi connectivity index (χ4n) is 2.38. The van der Waals surface area contributed by atoms with Crippen molar-refractivity contribution in [1.29, 1.82) is 0 Å². The largest absolute Gasteiger partial charge is 0.478 e. The van der Waals surface area contributed by atoms with E-state index in [-0.39, 0.29) is 35.5 Å². The first-order chi connectivity index (χ1) is 12.1. The molecule has 0 radical (unpaired) electrons. The van der Waals surface area contributed by atoms with Crippen LogP contribution >= 0.6 is 0 Å². The van der Waals surface area contributed by atoms with Crippen LogP contribution in [0.1, 0.15) is 36.8 Å². The topological polar surface area (TPSA) is 91.4 Å². The van der Waals surface area contributed by atoms with E-state index in [4.69, 9.17) is 4.74 Å². The first-order valence-electron chi connectivity index (χ1n) is 7.95. The van der Waals surface area contributed by atoms with Crippen LogP contribution in [0.3, 0.4) is 0 Å². The summed E-state index contributed by atoms with van der Waals surface area (Å²) in [6, 6.07) is 4.57. The van der Waals surface area contributed by atoms with Gasteiger partial charge in [0.25, 0.3) is 0 Å². The zero-order chi connectivity index (χ0) is 19.5. The summed E-state index contributed by atoms with van der Waals surface area (Å²) in [5, 5.41) is 11.8. The molecule has 1 amide bonds. The molecule has 1 aromatic heterocycles. The number of carbonyl (C=O) groups excluding carboxylic acids is 1. The lowest BCUT2D eigenvalue weighted by atomic mass is 10.1. The molecule has 0 fully saturated rings. The van der Waals surface area contributed by atoms with Gasteiger partial charge in [-0.3, -0.25) is 0 Å². The van der Waals surface area contributed by atoms with Gasteiger partial charge in [0.2, 0.25) is 0 Å². The maximum absolute atomic E-state index is 13.9. The lowest BCUT2D eigenvalue weighted by molar-refractivity contribution is 0.0528. The molecular weight excluding hydrogens is 346 g/mol. The second-order valence-corrected chi connectivity index (χ2v) is 6.66. The summed E-state index contributed by atoms with van der Waals surface area (Å²) >= 11 is 0. The summed E-state index contributed by atoms with van der Waals surface area (Å²) in [6.45, 7) is 5.24. The summed E-state index contributed by atoms with van der Waals surface area (Å²) in [5.41, 5.74) is -0.843. The Kier molecular flexibility index (Phi) is 5.64. The number of nitrogens with one attached hydrogen (secondary N) is 2. The average Bonchev–Trinajstić information content (AvgIpc) is 2.89. The highest BCUT2D eigenvalue weighted by Gasteiger charge is 2.20. The van der Waals surface area contributed by atoms with Gasteiger partial charge in [0.15, 0.2) is 0 Å². The van der Waals surface area contributed by atoms with Crippen LogP contribution in [0.15, 0.2) is 24.3 Å². The van der Waals surface area contributed by atoms with Gasteiger partial charge in [-0.15, -0.1) is 0 Å². The standard InChI is InChI=1S/C18H20F2N2O4/c1-18(2,3)26-17(25)21-8-7-13-10(16(23)24)9-14(22-13)15-11(19)5-4-6-12(15)20/h4-6,9,22H,7-8H2,1-3H3,(H,21,25)(H,23,24). The third-order valence-electron chi connectivity index (χ3n) is 3.41. The fourth-order valence-corrected chi connectivity index (χ4v) is 2.38. The molecular formula is C18H20F2N2O4.